The van der Waals surface area contributed by atoms with Crippen molar-refractivity contribution in [2.24, 2.45) is 5.41 Å². The normalized spacial score (nSPS) is 20.8. The van der Waals surface area contributed by atoms with Gasteiger partial charge in [0, 0.05) is 13.7 Å². The molecule has 74 valence electrons. The molecule has 5 heteroatoms. The molecule has 0 aliphatic carbocycles. The lowest BCUT2D eigenvalue weighted by Crippen LogP contribution is -2.45. The molecule has 0 aromatic carbocycles. The largest absolute Gasteiger partial charge is 0.427 e. The van der Waals surface area contributed by atoms with Crippen LogP contribution in [0.25, 0.3) is 0 Å². The molecule has 1 heterocycles. The average molecular weight is 188 g/mol. The van der Waals surface area contributed by atoms with Gasteiger partial charge in [0.25, 0.3) is 0 Å². The Balaban J connectivity index is 2.69. The maximum absolute atomic E-state index is 11.3. The predicted molar refractivity (Wildman–Crippen MR) is 41.7 cm³/mol. The molecule has 1 aliphatic heterocycles. The van der Waals surface area contributed by atoms with Gasteiger partial charge in [0.15, 0.2) is 5.41 Å². The van der Waals surface area contributed by atoms with Crippen LogP contribution in [-0.2, 0) is 23.8 Å². The maximum Gasteiger partial charge on any atom is 0.326 e. The van der Waals surface area contributed by atoms with E-state index in [1.54, 1.807) is 0 Å². The van der Waals surface area contributed by atoms with E-state index in [2.05, 4.69) is 9.47 Å². The second kappa shape index (κ2) is 3.74. The van der Waals surface area contributed by atoms with Crippen LogP contribution in [0.3, 0.4) is 0 Å². The molecule has 0 aromatic rings. The van der Waals surface area contributed by atoms with E-state index >= 15 is 0 Å². The Bertz CT molecular complexity index is 207. The van der Waals surface area contributed by atoms with Crippen LogP contribution < -0.4 is 0 Å². The van der Waals surface area contributed by atoms with E-state index in [1.807, 2.05) is 0 Å². The zero-order valence-electron chi connectivity index (χ0n) is 7.66. The van der Waals surface area contributed by atoms with Gasteiger partial charge in [0.05, 0.1) is 0 Å². The quantitative estimate of drug-likeness (QED) is 0.464. The Morgan fingerprint density at radius 1 is 1.38 bits per heavy atom. The van der Waals surface area contributed by atoms with Gasteiger partial charge in [-0.2, -0.15) is 0 Å². The number of hydrogen-bond acceptors (Lipinski definition) is 5. The standard InChI is InChI=1S/C8H12O5/c1-8(3-4-11-2)6(9)12-5-13-7(8)10/h3-5H2,1-2H3. The Morgan fingerprint density at radius 2 is 1.92 bits per heavy atom. The molecule has 0 atom stereocenters. The van der Waals surface area contributed by atoms with Gasteiger partial charge in [0.2, 0.25) is 6.79 Å². The van der Waals surface area contributed by atoms with Crippen molar-refractivity contribution in [1.82, 2.24) is 0 Å². The molecule has 0 amide bonds. The third-order valence-electron chi connectivity index (χ3n) is 2.09. The highest BCUT2D eigenvalue weighted by molar-refractivity contribution is 6.00. The van der Waals surface area contributed by atoms with Crippen molar-refractivity contribution < 1.29 is 23.8 Å². The molecule has 0 radical (unpaired) electrons. The van der Waals surface area contributed by atoms with E-state index in [1.165, 1.54) is 14.0 Å². The van der Waals surface area contributed by atoms with E-state index in [0.29, 0.717) is 6.61 Å². The Hall–Kier alpha value is -1.10. The summed E-state index contributed by atoms with van der Waals surface area (Å²) in [5, 5.41) is 0. The number of esters is 2. The van der Waals surface area contributed by atoms with Gasteiger partial charge < -0.3 is 14.2 Å². The SMILES string of the molecule is COCCC1(C)C(=O)OCOC1=O. The lowest BCUT2D eigenvalue weighted by atomic mass is 9.87. The van der Waals surface area contributed by atoms with Crippen molar-refractivity contribution in [3.8, 4) is 0 Å². The fourth-order valence-electron chi connectivity index (χ4n) is 1.05. The first-order valence-electron chi connectivity index (χ1n) is 3.94. The summed E-state index contributed by atoms with van der Waals surface area (Å²) >= 11 is 0. The van der Waals surface area contributed by atoms with E-state index in [9.17, 15) is 9.59 Å². The van der Waals surface area contributed by atoms with Crippen molar-refractivity contribution >= 4 is 11.9 Å². The number of carbonyl (C=O) groups is 2. The lowest BCUT2D eigenvalue weighted by molar-refractivity contribution is -0.201. The molecule has 13 heavy (non-hydrogen) atoms. The molecule has 1 saturated heterocycles. The smallest absolute Gasteiger partial charge is 0.326 e. The number of rotatable bonds is 3. The van der Waals surface area contributed by atoms with Gasteiger partial charge in [0.1, 0.15) is 0 Å². The van der Waals surface area contributed by atoms with Gasteiger partial charge in [-0.05, 0) is 13.3 Å². The molecule has 0 unspecified atom stereocenters. The number of ether oxygens (including phenoxy) is 3. The number of hydrogen-bond donors (Lipinski definition) is 0. The minimum Gasteiger partial charge on any atom is -0.427 e. The lowest BCUT2D eigenvalue weighted by Gasteiger charge is -2.28. The highest BCUT2D eigenvalue weighted by Crippen LogP contribution is 2.28. The summed E-state index contributed by atoms with van der Waals surface area (Å²) in [5.41, 5.74) is -1.20. The number of methoxy groups -OCH3 is 1. The van der Waals surface area contributed by atoms with Gasteiger partial charge >= 0.3 is 11.9 Å². The Labute approximate surface area is 76.0 Å². The van der Waals surface area contributed by atoms with Gasteiger partial charge in [-0.15, -0.1) is 0 Å². The van der Waals surface area contributed by atoms with Crippen molar-refractivity contribution in [3.63, 3.8) is 0 Å². The first-order chi connectivity index (χ1) is 6.11. The highest BCUT2D eigenvalue weighted by Gasteiger charge is 2.46. The monoisotopic (exact) mass is 188 g/mol. The molecular weight excluding hydrogens is 176 g/mol. The van der Waals surface area contributed by atoms with Crippen LogP contribution in [0.2, 0.25) is 0 Å². The highest BCUT2D eigenvalue weighted by atomic mass is 16.7. The van der Waals surface area contributed by atoms with Crippen LogP contribution in [0.1, 0.15) is 13.3 Å². The minimum absolute atomic E-state index is 0.278. The molecule has 0 bridgehead atoms. The molecule has 0 N–H and O–H groups in total. The summed E-state index contributed by atoms with van der Waals surface area (Å²) in [6.07, 6.45) is 0.279. The second-order valence-electron chi connectivity index (χ2n) is 3.06. The Kier molecular flexibility index (Phi) is 2.87. The first kappa shape index (κ1) is 9.98. The molecule has 0 aromatic heterocycles. The van der Waals surface area contributed by atoms with Crippen LogP contribution in [0.15, 0.2) is 0 Å². The van der Waals surface area contributed by atoms with Crippen LogP contribution in [0.4, 0.5) is 0 Å². The van der Waals surface area contributed by atoms with Gasteiger partial charge in [-0.3, -0.25) is 9.59 Å². The summed E-state index contributed by atoms with van der Waals surface area (Å²) in [5.74, 6) is -1.08. The summed E-state index contributed by atoms with van der Waals surface area (Å²) in [6.45, 7) is 1.54. The molecule has 5 nitrogen and oxygen atoms in total. The fraction of sp³-hybridized carbons (Fsp3) is 0.750. The molecule has 1 fully saturated rings. The van der Waals surface area contributed by atoms with Crippen molar-refractivity contribution in [3.05, 3.63) is 0 Å². The summed E-state index contributed by atoms with van der Waals surface area (Å²) in [4.78, 5) is 22.5. The van der Waals surface area contributed by atoms with Crippen LogP contribution in [-0.4, -0.2) is 32.4 Å². The third kappa shape index (κ3) is 1.80. The molecule has 0 saturated carbocycles. The van der Waals surface area contributed by atoms with Crippen LogP contribution in [0.5, 0.6) is 0 Å². The average Bonchev–Trinajstić information content (AvgIpc) is 2.11. The minimum atomic E-state index is -1.20. The second-order valence-corrected chi connectivity index (χ2v) is 3.06. The molecule has 1 aliphatic rings. The first-order valence-corrected chi connectivity index (χ1v) is 3.94. The van der Waals surface area contributed by atoms with Gasteiger partial charge in [-0.1, -0.05) is 0 Å². The zero-order chi connectivity index (χ0) is 9.90. The summed E-state index contributed by atoms with van der Waals surface area (Å²) in [6, 6.07) is 0. The zero-order valence-corrected chi connectivity index (χ0v) is 7.66. The summed E-state index contributed by atoms with van der Waals surface area (Å²) in [7, 11) is 1.50. The predicted octanol–water partition coefficient (Wildman–Crippen LogP) is 0.0867. The Morgan fingerprint density at radius 3 is 2.38 bits per heavy atom. The van der Waals surface area contributed by atoms with E-state index in [4.69, 9.17) is 4.74 Å². The van der Waals surface area contributed by atoms with Crippen LogP contribution >= 0.6 is 0 Å². The van der Waals surface area contributed by atoms with Crippen molar-refractivity contribution in [1.29, 1.82) is 0 Å². The number of carbonyl (C=O) groups excluding carboxylic acids is 2. The molecular formula is C8H12O5. The van der Waals surface area contributed by atoms with E-state index in [-0.39, 0.29) is 13.2 Å². The van der Waals surface area contributed by atoms with Crippen molar-refractivity contribution in [2.45, 2.75) is 13.3 Å². The topological polar surface area (TPSA) is 61.8 Å². The maximum atomic E-state index is 11.3. The molecule has 1 rings (SSSR count). The van der Waals surface area contributed by atoms with Crippen LogP contribution in [0, 0.1) is 5.41 Å². The summed E-state index contributed by atoms with van der Waals surface area (Å²) < 4.78 is 14.0. The number of cyclic esters (lactones) is 2. The van der Waals surface area contributed by atoms with E-state index < -0.39 is 17.4 Å². The fourth-order valence-corrected chi connectivity index (χ4v) is 1.05. The third-order valence-corrected chi connectivity index (χ3v) is 2.09. The van der Waals surface area contributed by atoms with Crippen molar-refractivity contribution in [2.75, 3.05) is 20.5 Å². The van der Waals surface area contributed by atoms with Gasteiger partial charge in [-0.25, -0.2) is 0 Å². The van der Waals surface area contributed by atoms with E-state index in [0.717, 1.165) is 0 Å². The molecule has 0 spiro atoms.